The molecule has 0 aliphatic heterocycles. The molecule has 14 heavy (non-hydrogen) atoms. The Kier molecular flexibility index (Phi) is 3.35. The molecule has 1 unspecified atom stereocenters. The summed E-state index contributed by atoms with van der Waals surface area (Å²) in [7, 11) is 0. The highest BCUT2D eigenvalue weighted by atomic mass is 19.1. The molecule has 4 nitrogen and oxygen atoms in total. The van der Waals surface area contributed by atoms with Crippen molar-refractivity contribution in [3.05, 3.63) is 27.9 Å². The van der Waals surface area contributed by atoms with Crippen molar-refractivity contribution in [3.63, 3.8) is 0 Å². The van der Waals surface area contributed by atoms with Crippen LogP contribution < -0.4 is 5.56 Å². The number of rotatable bonds is 3. The Hall–Kier alpha value is -1.23. The SMILES string of the molecule is Cc1cc(=O)n(CC(O)CF)c(C)n1. The average molecular weight is 200 g/mol. The Labute approximate surface area is 81.0 Å². The van der Waals surface area contributed by atoms with Crippen LogP contribution >= 0.6 is 0 Å². The zero-order chi connectivity index (χ0) is 10.7. The molecule has 0 amide bonds. The molecule has 1 heterocycles. The molecule has 78 valence electrons. The minimum atomic E-state index is -1.14. The lowest BCUT2D eigenvalue weighted by Gasteiger charge is -2.11. The second-order valence-electron chi connectivity index (χ2n) is 3.20. The van der Waals surface area contributed by atoms with Gasteiger partial charge in [-0.1, -0.05) is 0 Å². The van der Waals surface area contributed by atoms with E-state index >= 15 is 0 Å². The van der Waals surface area contributed by atoms with E-state index in [0.29, 0.717) is 11.5 Å². The Morgan fingerprint density at radius 1 is 1.64 bits per heavy atom. The van der Waals surface area contributed by atoms with Crippen molar-refractivity contribution in [3.8, 4) is 0 Å². The fraction of sp³-hybridized carbons (Fsp3) is 0.556. The number of hydrogen-bond donors (Lipinski definition) is 1. The van der Waals surface area contributed by atoms with E-state index < -0.39 is 12.8 Å². The van der Waals surface area contributed by atoms with Crippen molar-refractivity contribution in [2.24, 2.45) is 0 Å². The van der Waals surface area contributed by atoms with E-state index in [2.05, 4.69) is 4.98 Å². The lowest BCUT2D eigenvalue weighted by Crippen LogP contribution is -2.30. The van der Waals surface area contributed by atoms with Gasteiger partial charge in [0, 0.05) is 11.8 Å². The quantitative estimate of drug-likeness (QED) is 0.757. The van der Waals surface area contributed by atoms with Gasteiger partial charge in [0.2, 0.25) is 0 Å². The molecule has 0 saturated heterocycles. The number of aryl methyl sites for hydroxylation is 2. The van der Waals surface area contributed by atoms with Crippen molar-refractivity contribution in [1.82, 2.24) is 9.55 Å². The summed E-state index contributed by atoms with van der Waals surface area (Å²) in [5.74, 6) is 0.488. The number of aromatic nitrogens is 2. The maximum Gasteiger partial charge on any atom is 0.253 e. The van der Waals surface area contributed by atoms with E-state index in [1.165, 1.54) is 10.6 Å². The van der Waals surface area contributed by atoms with Gasteiger partial charge in [0.15, 0.2) is 0 Å². The van der Waals surface area contributed by atoms with Crippen LogP contribution in [0.25, 0.3) is 0 Å². The first-order valence-electron chi connectivity index (χ1n) is 4.33. The Balaban J connectivity index is 3.03. The topological polar surface area (TPSA) is 55.1 Å². The molecule has 0 spiro atoms. The first-order valence-corrected chi connectivity index (χ1v) is 4.33. The highest BCUT2D eigenvalue weighted by molar-refractivity contribution is 5.01. The van der Waals surface area contributed by atoms with Gasteiger partial charge in [0.05, 0.1) is 6.54 Å². The van der Waals surface area contributed by atoms with Crippen LogP contribution in [0.1, 0.15) is 11.5 Å². The zero-order valence-electron chi connectivity index (χ0n) is 8.20. The summed E-state index contributed by atoms with van der Waals surface area (Å²) in [5, 5.41) is 9.07. The largest absolute Gasteiger partial charge is 0.389 e. The standard InChI is InChI=1S/C9H13FN2O2/c1-6-3-9(14)12(7(2)11-6)5-8(13)4-10/h3,8,13H,4-5H2,1-2H3. The normalized spacial score (nSPS) is 12.9. The fourth-order valence-corrected chi connectivity index (χ4v) is 1.25. The third kappa shape index (κ3) is 2.38. The van der Waals surface area contributed by atoms with E-state index in [1.807, 2.05) is 0 Å². The van der Waals surface area contributed by atoms with Crippen molar-refractivity contribution < 1.29 is 9.50 Å². The Bertz CT molecular complexity index is 376. The number of nitrogens with zero attached hydrogens (tertiary/aromatic N) is 2. The average Bonchev–Trinajstić information content (AvgIpc) is 2.10. The summed E-state index contributed by atoms with van der Waals surface area (Å²) in [4.78, 5) is 15.5. The van der Waals surface area contributed by atoms with Gasteiger partial charge in [-0.3, -0.25) is 9.36 Å². The van der Waals surface area contributed by atoms with Crippen LogP contribution in [-0.2, 0) is 6.54 Å². The molecule has 0 aliphatic rings. The summed E-state index contributed by atoms with van der Waals surface area (Å²) in [6.07, 6.45) is -1.14. The first kappa shape index (κ1) is 10.8. The summed E-state index contributed by atoms with van der Waals surface area (Å²) in [6.45, 7) is 2.46. The van der Waals surface area contributed by atoms with Gasteiger partial charge in [-0.05, 0) is 13.8 Å². The van der Waals surface area contributed by atoms with Crippen LogP contribution in [0.3, 0.4) is 0 Å². The van der Waals surface area contributed by atoms with Gasteiger partial charge < -0.3 is 5.11 Å². The van der Waals surface area contributed by atoms with Gasteiger partial charge in [-0.15, -0.1) is 0 Å². The Morgan fingerprint density at radius 2 is 2.29 bits per heavy atom. The molecular formula is C9H13FN2O2. The highest BCUT2D eigenvalue weighted by Crippen LogP contribution is 1.96. The molecule has 0 fully saturated rings. The summed E-state index contributed by atoms with van der Waals surface area (Å²) < 4.78 is 13.3. The fourth-order valence-electron chi connectivity index (χ4n) is 1.25. The molecule has 0 aliphatic carbocycles. The molecule has 0 bridgehead atoms. The van der Waals surface area contributed by atoms with Gasteiger partial charge in [0.1, 0.15) is 18.6 Å². The van der Waals surface area contributed by atoms with Crippen LogP contribution in [0.2, 0.25) is 0 Å². The summed E-state index contributed by atoms with van der Waals surface area (Å²) in [5.41, 5.74) is 0.362. The van der Waals surface area contributed by atoms with Gasteiger partial charge >= 0.3 is 0 Å². The number of aliphatic hydroxyl groups excluding tert-OH is 1. The van der Waals surface area contributed by atoms with Crippen LogP contribution in [-0.4, -0.2) is 27.4 Å². The second kappa shape index (κ2) is 4.32. The highest BCUT2D eigenvalue weighted by Gasteiger charge is 2.08. The van der Waals surface area contributed by atoms with Crippen LogP contribution in [0, 0.1) is 13.8 Å². The monoisotopic (exact) mass is 200 g/mol. The van der Waals surface area contributed by atoms with Crippen molar-refractivity contribution >= 4 is 0 Å². The van der Waals surface area contributed by atoms with Gasteiger partial charge in [-0.2, -0.15) is 0 Å². The molecule has 1 aromatic rings. The number of aliphatic hydroxyl groups is 1. The molecular weight excluding hydrogens is 187 g/mol. The molecule has 1 aromatic heterocycles. The molecule has 5 heteroatoms. The van der Waals surface area contributed by atoms with Crippen LogP contribution in [0.5, 0.6) is 0 Å². The number of alkyl halides is 1. The molecule has 0 radical (unpaired) electrons. The van der Waals surface area contributed by atoms with E-state index in [1.54, 1.807) is 13.8 Å². The van der Waals surface area contributed by atoms with Crippen molar-refractivity contribution in [1.29, 1.82) is 0 Å². The smallest absolute Gasteiger partial charge is 0.253 e. The summed E-state index contributed by atoms with van der Waals surface area (Å²) >= 11 is 0. The lowest BCUT2D eigenvalue weighted by atomic mass is 10.3. The predicted octanol–water partition coefficient (Wildman–Crippen LogP) is 0.191. The van der Waals surface area contributed by atoms with Crippen LogP contribution in [0.15, 0.2) is 10.9 Å². The van der Waals surface area contributed by atoms with Crippen molar-refractivity contribution in [2.45, 2.75) is 26.5 Å². The first-order chi connectivity index (χ1) is 6.54. The molecule has 0 aromatic carbocycles. The van der Waals surface area contributed by atoms with E-state index in [4.69, 9.17) is 5.11 Å². The van der Waals surface area contributed by atoms with Gasteiger partial charge in [-0.25, -0.2) is 9.37 Å². The third-order valence-corrected chi connectivity index (χ3v) is 1.90. The minimum absolute atomic E-state index is 0.0472. The number of halogens is 1. The molecule has 1 rings (SSSR count). The predicted molar refractivity (Wildman–Crippen MR) is 50.0 cm³/mol. The Morgan fingerprint density at radius 3 is 2.79 bits per heavy atom. The van der Waals surface area contributed by atoms with E-state index in [9.17, 15) is 9.18 Å². The van der Waals surface area contributed by atoms with Crippen LogP contribution in [0.4, 0.5) is 4.39 Å². The second-order valence-corrected chi connectivity index (χ2v) is 3.20. The summed E-state index contributed by atoms with van der Waals surface area (Å²) in [6, 6.07) is 1.36. The molecule has 1 atom stereocenters. The third-order valence-electron chi connectivity index (χ3n) is 1.90. The molecule has 0 saturated carbocycles. The minimum Gasteiger partial charge on any atom is -0.389 e. The molecule has 1 N–H and O–H groups in total. The van der Waals surface area contributed by atoms with E-state index in [0.717, 1.165) is 0 Å². The number of hydrogen-bond acceptors (Lipinski definition) is 3. The van der Waals surface area contributed by atoms with E-state index in [-0.39, 0.29) is 12.1 Å². The van der Waals surface area contributed by atoms with Gasteiger partial charge in [0.25, 0.3) is 5.56 Å². The maximum atomic E-state index is 12.0. The maximum absolute atomic E-state index is 12.0. The van der Waals surface area contributed by atoms with Crippen molar-refractivity contribution in [2.75, 3.05) is 6.67 Å². The lowest BCUT2D eigenvalue weighted by molar-refractivity contribution is 0.119. The zero-order valence-corrected chi connectivity index (χ0v) is 8.20.